The molecule has 2 N–H and O–H groups in total. The first-order valence-corrected chi connectivity index (χ1v) is 7.68. The van der Waals surface area contributed by atoms with E-state index in [1.807, 2.05) is 32.0 Å². The number of hydrogen-bond donors (Lipinski definition) is 2. The first-order chi connectivity index (χ1) is 11.5. The molecule has 6 nitrogen and oxygen atoms in total. The van der Waals surface area contributed by atoms with Crippen molar-refractivity contribution in [3.63, 3.8) is 0 Å². The monoisotopic (exact) mass is 326 g/mol. The summed E-state index contributed by atoms with van der Waals surface area (Å²) < 4.78 is 10.6. The number of carbonyl (C=O) groups excluding carboxylic acids is 1. The second kappa shape index (κ2) is 6.62. The molecular weight excluding hydrogens is 308 g/mol. The zero-order chi connectivity index (χ0) is 17.1. The molecule has 1 heterocycles. The number of anilines is 1. The summed E-state index contributed by atoms with van der Waals surface area (Å²) in [5.74, 6) is -0.0400. The highest BCUT2D eigenvalue weighted by molar-refractivity contribution is 5.94. The Morgan fingerprint density at radius 1 is 1.25 bits per heavy atom. The summed E-state index contributed by atoms with van der Waals surface area (Å²) in [5.41, 5.74) is 2.46. The van der Waals surface area contributed by atoms with E-state index in [0.717, 1.165) is 5.56 Å². The maximum absolute atomic E-state index is 12.3. The Balaban J connectivity index is 1.74. The first kappa shape index (κ1) is 15.9. The summed E-state index contributed by atoms with van der Waals surface area (Å²) >= 11 is 0. The number of hydrogen-bond acceptors (Lipinski definition) is 4. The Labute approximate surface area is 138 Å². The fraction of sp³-hybridized carbons (Fsp3) is 0.222. The lowest BCUT2D eigenvalue weighted by molar-refractivity contribution is -0.115. The third-order valence-electron chi connectivity index (χ3n) is 3.37. The topological polar surface area (TPSA) is 84.3 Å². The molecule has 124 valence electrons. The van der Waals surface area contributed by atoms with Crippen LogP contribution in [0.2, 0.25) is 0 Å². The molecule has 1 aromatic heterocycles. The maximum atomic E-state index is 12.3. The number of rotatable bonds is 5. The lowest BCUT2D eigenvalue weighted by Crippen LogP contribution is -2.16. The molecule has 0 aliphatic heterocycles. The third kappa shape index (κ3) is 3.65. The summed E-state index contributed by atoms with van der Waals surface area (Å²) in [6, 6.07) is 12.5. The van der Waals surface area contributed by atoms with Gasteiger partial charge in [-0.2, -0.15) is 0 Å². The molecule has 0 unspecified atom stereocenters. The number of fused-ring (bicyclic) bond motifs is 1. The first-order valence-electron chi connectivity index (χ1n) is 7.68. The number of para-hydroxylation sites is 2. The van der Waals surface area contributed by atoms with Crippen LogP contribution in [-0.4, -0.2) is 17.0 Å². The second-order valence-corrected chi connectivity index (χ2v) is 5.73. The van der Waals surface area contributed by atoms with Crippen molar-refractivity contribution in [3.05, 3.63) is 58.6 Å². The van der Waals surface area contributed by atoms with E-state index in [4.69, 9.17) is 9.15 Å². The van der Waals surface area contributed by atoms with Crippen LogP contribution < -0.4 is 15.8 Å². The van der Waals surface area contributed by atoms with Crippen molar-refractivity contribution in [1.82, 2.24) is 4.98 Å². The van der Waals surface area contributed by atoms with E-state index >= 15 is 0 Å². The number of nitrogens with one attached hydrogen (secondary N) is 2. The normalized spacial score (nSPS) is 11.0. The van der Waals surface area contributed by atoms with Crippen LogP contribution >= 0.6 is 0 Å². The molecular formula is C18H18N2O4. The van der Waals surface area contributed by atoms with Crippen molar-refractivity contribution in [2.45, 2.75) is 26.4 Å². The van der Waals surface area contributed by atoms with Gasteiger partial charge >= 0.3 is 5.76 Å². The van der Waals surface area contributed by atoms with Crippen LogP contribution in [-0.2, 0) is 11.2 Å². The number of oxazole rings is 1. The Hall–Kier alpha value is -3.02. The fourth-order valence-corrected chi connectivity index (χ4v) is 2.42. The Bertz CT molecular complexity index is 924. The summed E-state index contributed by atoms with van der Waals surface area (Å²) in [4.78, 5) is 26.1. The minimum Gasteiger partial charge on any atom is -0.489 e. The number of benzene rings is 2. The van der Waals surface area contributed by atoms with Crippen molar-refractivity contribution in [2.75, 3.05) is 5.32 Å². The van der Waals surface area contributed by atoms with Gasteiger partial charge in [0.05, 0.1) is 23.7 Å². The van der Waals surface area contributed by atoms with E-state index < -0.39 is 5.76 Å². The molecule has 0 saturated carbocycles. The van der Waals surface area contributed by atoms with Gasteiger partial charge in [0.2, 0.25) is 5.91 Å². The van der Waals surface area contributed by atoms with Crippen LogP contribution in [0.1, 0.15) is 19.4 Å². The molecule has 24 heavy (non-hydrogen) atoms. The molecule has 1 amide bonds. The molecule has 3 rings (SSSR count). The number of aromatic nitrogens is 1. The Morgan fingerprint density at radius 2 is 2.04 bits per heavy atom. The van der Waals surface area contributed by atoms with E-state index in [1.165, 1.54) is 0 Å². The molecule has 0 atom stereocenters. The van der Waals surface area contributed by atoms with Gasteiger partial charge in [0.15, 0.2) is 5.58 Å². The van der Waals surface area contributed by atoms with Crippen molar-refractivity contribution in [1.29, 1.82) is 0 Å². The van der Waals surface area contributed by atoms with E-state index in [2.05, 4.69) is 10.3 Å². The van der Waals surface area contributed by atoms with Crippen LogP contribution in [0.5, 0.6) is 5.75 Å². The van der Waals surface area contributed by atoms with E-state index in [-0.39, 0.29) is 18.4 Å². The summed E-state index contributed by atoms with van der Waals surface area (Å²) in [6.45, 7) is 3.86. The molecule has 0 bridgehead atoms. The average molecular weight is 326 g/mol. The summed E-state index contributed by atoms with van der Waals surface area (Å²) in [5, 5.41) is 2.86. The van der Waals surface area contributed by atoms with E-state index in [1.54, 1.807) is 24.3 Å². The molecule has 3 aromatic rings. The number of aromatic amines is 1. The van der Waals surface area contributed by atoms with Gasteiger partial charge in [-0.15, -0.1) is 0 Å². The van der Waals surface area contributed by atoms with Gasteiger partial charge in [0.1, 0.15) is 5.75 Å². The number of ether oxygens (including phenoxy) is 1. The van der Waals surface area contributed by atoms with Crippen molar-refractivity contribution in [3.8, 4) is 5.75 Å². The molecule has 0 aliphatic rings. The molecule has 2 aromatic carbocycles. The van der Waals surface area contributed by atoms with E-state index in [0.29, 0.717) is 22.5 Å². The van der Waals surface area contributed by atoms with E-state index in [9.17, 15) is 9.59 Å². The van der Waals surface area contributed by atoms with Crippen LogP contribution in [0, 0.1) is 0 Å². The van der Waals surface area contributed by atoms with Gasteiger partial charge in [0, 0.05) is 0 Å². The van der Waals surface area contributed by atoms with Crippen LogP contribution in [0.25, 0.3) is 11.1 Å². The van der Waals surface area contributed by atoms with Crippen LogP contribution in [0.4, 0.5) is 5.69 Å². The molecule has 0 aliphatic carbocycles. The zero-order valence-electron chi connectivity index (χ0n) is 13.5. The predicted octanol–water partition coefficient (Wildman–Crippen LogP) is 3.09. The quantitative estimate of drug-likeness (QED) is 0.754. The van der Waals surface area contributed by atoms with Gasteiger partial charge in [-0.3, -0.25) is 9.78 Å². The molecule has 0 radical (unpaired) electrons. The molecule has 0 saturated heterocycles. The van der Waals surface area contributed by atoms with Crippen molar-refractivity contribution >= 4 is 22.7 Å². The SMILES string of the molecule is CC(C)Oc1ccccc1NC(=O)Cc1ccc2oc(=O)[nH]c2c1. The van der Waals surface area contributed by atoms with Crippen LogP contribution in [0.15, 0.2) is 51.7 Å². The highest BCUT2D eigenvalue weighted by atomic mass is 16.5. The maximum Gasteiger partial charge on any atom is 0.417 e. The Morgan fingerprint density at radius 3 is 2.83 bits per heavy atom. The lowest BCUT2D eigenvalue weighted by Gasteiger charge is -2.14. The van der Waals surface area contributed by atoms with Crippen molar-refractivity contribution in [2.24, 2.45) is 0 Å². The lowest BCUT2D eigenvalue weighted by atomic mass is 10.1. The van der Waals surface area contributed by atoms with Gasteiger partial charge in [-0.25, -0.2) is 4.79 Å². The summed E-state index contributed by atoms with van der Waals surface area (Å²) in [7, 11) is 0. The third-order valence-corrected chi connectivity index (χ3v) is 3.37. The molecule has 6 heteroatoms. The number of amides is 1. The van der Waals surface area contributed by atoms with Crippen LogP contribution in [0.3, 0.4) is 0 Å². The highest BCUT2D eigenvalue weighted by Gasteiger charge is 2.10. The summed E-state index contributed by atoms with van der Waals surface area (Å²) in [6.07, 6.45) is 0.197. The van der Waals surface area contributed by atoms with Gasteiger partial charge in [-0.05, 0) is 43.7 Å². The van der Waals surface area contributed by atoms with Crippen molar-refractivity contribution < 1.29 is 13.9 Å². The molecule has 0 fully saturated rings. The zero-order valence-corrected chi connectivity index (χ0v) is 13.5. The number of H-pyrrole nitrogens is 1. The second-order valence-electron chi connectivity index (χ2n) is 5.73. The largest absolute Gasteiger partial charge is 0.489 e. The minimum absolute atomic E-state index is 0.0170. The van der Waals surface area contributed by atoms with Gasteiger partial charge < -0.3 is 14.5 Å². The Kier molecular flexibility index (Phi) is 4.37. The average Bonchev–Trinajstić information content (AvgIpc) is 2.88. The van der Waals surface area contributed by atoms with Gasteiger partial charge in [-0.1, -0.05) is 18.2 Å². The smallest absolute Gasteiger partial charge is 0.417 e. The van der Waals surface area contributed by atoms with Gasteiger partial charge in [0.25, 0.3) is 0 Å². The number of carbonyl (C=O) groups is 1. The minimum atomic E-state index is -0.508. The fourth-order valence-electron chi connectivity index (χ4n) is 2.42. The highest BCUT2D eigenvalue weighted by Crippen LogP contribution is 2.25. The molecule has 0 spiro atoms. The standard InChI is InChI=1S/C18H18N2O4/c1-11(2)23-15-6-4-3-5-13(15)19-17(21)10-12-7-8-16-14(9-12)20-18(22)24-16/h3-9,11H,10H2,1-2H3,(H,19,21)(H,20,22). The predicted molar refractivity (Wildman–Crippen MR) is 91.4 cm³/mol.